The molecule has 21 heavy (non-hydrogen) atoms. The van der Waals surface area contributed by atoms with E-state index in [0.29, 0.717) is 23.4 Å². The van der Waals surface area contributed by atoms with Crippen LogP contribution >= 0.6 is 0 Å². The summed E-state index contributed by atoms with van der Waals surface area (Å²) in [5, 5.41) is 8.99. The molecule has 1 heterocycles. The van der Waals surface area contributed by atoms with Gasteiger partial charge in [-0.05, 0) is 55.5 Å². The van der Waals surface area contributed by atoms with Gasteiger partial charge in [-0.15, -0.1) is 0 Å². The minimum Gasteiger partial charge on any atom is -0.478 e. The summed E-state index contributed by atoms with van der Waals surface area (Å²) >= 11 is 0. The maximum atomic E-state index is 13.8. The molecule has 0 atom stereocenters. The van der Waals surface area contributed by atoms with Gasteiger partial charge in [0.2, 0.25) is 0 Å². The van der Waals surface area contributed by atoms with E-state index >= 15 is 0 Å². The molecular formula is C17H24FNO2. The number of likely N-dealkylation sites (tertiary alicyclic amines) is 1. The average Bonchev–Trinajstić information content (AvgIpc) is 2.40. The molecule has 1 fully saturated rings. The number of carboxylic acids is 1. The molecule has 1 aliphatic rings. The standard InChI is InChI=1S/C17H24FNO2/c1-17(2,3)14-6-8-19(9-7-14)11-13-10-12(16(20)21)4-5-15(13)18/h4-5,10,14H,6-9,11H2,1-3H3,(H,20,21). The van der Waals surface area contributed by atoms with Crippen molar-refractivity contribution in [2.75, 3.05) is 13.1 Å². The fraction of sp³-hybridized carbons (Fsp3) is 0.588. The van der Waals surface area contributed by atoms with E-state index in [1.165, 1.54) is 18.2 Å². The van der Waals surface area contributed by atoms with Crippen molar-refractivity contribution in [1.29, 1.82) is 0 Å². The third-order valence-electron chi connectivity index (χ3n) is 4.50. The molecule has 0 bridgehead atoms. The van der Waals surface area contributed by atoms with Crippen LogP contribution in [0.15, 0.2) is 18.2 Å². The van der Waals surface area contributed by atoms with Gasteiger partial charge in [-0.25, -0.2) is 9.18 Å². The van der Waals surface area contributed by atoms with E-state index in [1.54, 1.807) is 0 Å². The summed E-state index contributed by atoms with van der Waals surface area (Å²) in [5.41, 5.74) is 0.945. The van der Waals surface area contributed by atoms with E-state index in [1.807, 2.05) is 0 Å². The van der Waals surface area contributed by atoms with Crippen molar-refractivity contribution in [3.05, 3.63) is 35.1 Å². The Labute approximate surface area is 125 Å². The maximum absolute atomic E-state index is 13.8. The monoisotopic (exact) mass is 293 g/mol. The molecule has 1 aromatic carbocycles. The first kappa shape index (κ1) is 16.0. The molecule has 0 unspecified atom stereocenters. The first-order chi connectivity index (χ1) is 9.77. The van der Waals surface area contributed by atoms with Crippen molar-refractivity contribution in [3.63, 3.8) is 0 Å². The van der Waals surface area contributed by atoms with Crippen molar-refractivity contribution in [2.24, 2.45) is 11.3 Å². The van der Waals surface area contributed by atoms with Gasteiger partial charge in [0.05, 0.1) is 5.56 Å². The Bertz CT molecular complexity index is 514. The van der Waals surface area contributed by atoms with Crippen LogP contribution in [0.25, 0.3) is 0 Å². The zero-order chi connectivity index (χ0) is 15.6. The van der Waals surface area contributed by atoms with Gasteiger partial charge in [-0.2, -0.15) is 0 Å². The lowest BCUT2D eigenvalue weighted by atomic mass is 9.75. The molecule has 0 amide bonds. The van der Waals surface area contributed by atoms with E-state index < -0.39 is 5.97 Å². The first-order valence-corrected chi connectivity index (χ1v) is 7.51. The molecule has 1 N–H and O–H groups in total. The second kappa shape index (κ2) is 6.14. The molecule has 0 aromatic heterocycles. The van der Waals surface area contributed by atoms with Gasteiger partial charge in [0.1, 0.15) is 5.82 Å². The minimum atomic E-state index is -1.01. The van der Waals surface area contributed by atoms with E-state index in [2.05, 4.69) is 25.7 Å². The zero-order valence-electron chi connectivity index (χ0n) is 13.0. The van der Waals surface area contributed by atoms with Gasteiger partial charge in [0, 0.05) is 12.1 Å². The fourth-order valence-corrected chi connectivity index (χ4v) is 3.03. The Balaban J connectivity index is 2.01. The van der Waals surface area contributed by atoms with Crippen LogP contribution in [0.2, 0.25) is 0 Å². The van der Waals surface area contributed by atoms with Gasteiger partial charge >= 0.3 is 5.97 Å². The summed E-state index contributed by atoms with van der Waals surface area (Å²) in [6, 6.07) is 4.02. The van der Waals surface area contributed by atoms with Crippen LogP contribution in [-0.4, -0.2) is 29.1 Å². The van der Waals surface area contributed by atoms with Crippen molar-refractivity contribution >= 4 is 5.97 Å². The lowest BCUT2D eigenvalue weighted by Gasteiger charge is -2.38. The van der Waals surface area contributed by atoms with Gasteiger partial charge in [-0.1, -0.05) is 20.8 Å². The molecule has 4 heteroatoms. The highest BCUT2D eigenvalue weighted by Gasteiger charge is 2.28. The molecule has 0 spiro atoms. The number of halogens is 1. The summed E-state index contributed by atoms with van der Waals surface area (Å²) in [7, 11) is 0. The fourth-order valence-electron chi connectivity index (χ4n) is 3.03. The van der Waals surface area contributed by atoms with Crippen LogP contribution in [0.5, 0.6) is 0 Å². The molecular weight excluding hydrogens is 269 g/mol. The largest absolute Gasteiger partial charge is 0.478 e. The summed E-state index contributed by atoms with van der Waals surface area (Å²) in [6.45, 7) is 9.18. The van der Waals surface area contributed by atoms with Gasteiger partial charge in [0.25, 0.3) is 0 Å². The summed E-state index contributed by atoms with van der Waals surface area (Å²) in [5.74, 6) is -0.635. The summed E-state index contributed by atoms with van der Waals surface area (Å²) in [4.78, 5) is 13.2. The lowest BCUT2D eigenvalue weighted by Crippen LogP contribution is -2.37. The second-order valence-electron chi connectivity index (χ2n) is 7.03. The molecule has 3 nitrogen and oxygen atoms in total. The number of hydrogen-bond donors (Lipinski definition) is 1. The number of aromatic carboxylic acids is 1. The van der Waals surface area contributed by atoms with Crippen molar-refractivity contribution in [3.8, 4) is 0 Å². The molecule has 2 rings (SSSR count). The molecule has 0 radical (unpaired) electrons. The molecule has 0 aliphatic carbocycles. The van der Waals surface area contributed by atoms with Crippen LogP contribution in [-0.2, 0) is 6.54 Å². The Morgan fingerprint density at radius 3 is 2.48 bits per heavy atom. The highest BCUT2D eigenvalue weighted by atomic mass is 19.1. The normalized spacial score (nSPS) is 17.9. The molecule has 1 saturated heterocycles. The topological polar surface area (TPSA) is 40.5 Å². The smallest absolute Gasteiger partial charge is 0.335 e. The number of piperidine rings is 1. The van der Waals surface area contributed by atoms with E-state index in [-0.39, 0.29) is 11.4 Å². The number of carboxylic acid groups (broad SMARTS) is 1. The number of rotatable bonds is 3. The SMILES string of the molecule is CC(C)(C)C1CCN(Cc2cc(C(=O)O)ccc2F)CC1. The Morgan fingerprint density at radius 1 is 1.33 bits per heavy atom. The molecule has 0 saturated carbocycles. The molecule has 1 aromatic rings. The van der Waals surface area contributed by atoms with Crippen LogP contribution in [0, 0.1) is 17.2 Å². The van der Waals surface area contributed by atoms with Gasteiger partial charge in [0.15, 0.2) is 0 Å². The van der Waals surface area contributed by atoms with Crippen LogP contribution in [0.1, 0.15) is 49.5 Å². The summed E-state index contributed by atoms with van der Waals surface area (Å²) in [6.07, 6.45) is 2.23. The van der Waals surface area contributed by atoms with Gasteiger partial charge < -0.3 is 5.11 Å². The average molecular weight is 293 g/mol. The summed E-state index contributed by atoms with van der Waals surface area (Å²) < 4.78 is 13.8. The number of carbonyl (C=O) groups is 1. The van der Waals surface area contributed by atoms with Crippen molar-refractivity contribution in [1.82, 2.24) is 4.90 Å². The Hall–Kier alpha value is -1.42. The highest BCUT2D eigenvalue weighted by molar-refractivity contribution is 5.87. The predicted octanol–water partition coefficient (Wildman–Crippen LogP) is 3.78. The second-order valence-corrected chi connectivity index (χ2v) is 7.03. The minimum absolute atomic E-state index is 0.149. The predicted molar refractivity (Wildman–Crippen MR) is 80.8 cm³/mol. The van der Waals surface area contributed by atoms with E-state index in [0.717, 1.165) is 25.9 Å². The zero-order valence-corrected chi connectivity index (χ0v) is 13.0. The van der Waals surface area contributed by atoms with Crippen LogP contribution < -0.4 is 0 Å². The quantitative estimate of drug-likeness (QED) is 0.922. The Kier molecular flexibility index (Phi) is 4.67. The lowest BCUT2D eigenvalue weighted by molar-refractivity contribution is 0.0696. The first-order valence-electron chi connectivity index (χ1n) is 7.51. The van der Waals surface area contributed by atoms with Crippen LogP contribution in [0.3, 0.4) is 0 Å². The maximum Gasteiger partial charge on any atom is 0.335 e. The third-order valence-corrected chi connectivity index (χ3v) is 4.50. The van der Waals surface area contributed by atoms with Crippen molar-refractivity contribution < 1.29 is 14.3 Å². The number of hydrogen-bond acceptors (Lipinski definition) is 2. The molecule has 116 valence electrons. The highest BCUT2D eigenvalue weighted by Crippen LogP contribution is 2.34. The Morgan fingerprint density at radius 2 is 1.95 bits per heavy atom. The molecule has 1 aliphatic heterocycles. The number of benzene rings is 1. The van der Waals surface area contributed by atoms with Crippen LogP contribution in [0.4, 0.5) is 4.39 Å². The number of nitrogens with zero attached hydrogens (tertiary/aromatic N) is 1. The van der Waals surface area contributed by atoms with E-state index in [9.17, 15) is 9.18 Å². The van der Waals surface area contributed by atoms with Crippen molar-refractivity contribution in [2.45, 2.75) is 40.2 Å². The van der Waals surface area contributed by atoms with Gasteiger partial charge in [-0.3, -0.25) is 4.90 Å². The third kappa shape index (κ3) is 4.03. The van der Waals surface area contributed by atoms with E-state index in [4.69, 9.17) is 5.11 Å².